The molecule has 0 aliphatic carbocycles. The molecule has 20 heavy (non-hydrogen) atoms. The van der Waals surface area contributed by atoms with E-state index in [4.69, 9.17) is 4.74 Å². The molecule has 0 saturated heterocycles. The highest BCUT2D eigenvalue weighted by molar-refractivity contribution is 5.50. The van der Waals surface area contributed by atoms with E-state index in [9.17, 15) is 15.2 Å². The van der Waals surface area contributed by atoms with Crippen molar-refractivity contribution in [3.8, 4) is 11.5 Å². The third-order valence-corrected chi connectivity index (χ3v) is 3.04. The molecule has 104 valence electrons. The maximum absolute atomic E-state index is 10.9. The second-order valence-corrected chi connectivity index (χ2v) is 4.47. The lowest BCUT2D eigenvalue weighted by Crippen LogP contribution is -1.98. The number of aliphatic hydroxyl groups is 1. The fraction of sp³-hybridized carbons (Fsp3) is 0.200. The Hall–Kier alpha value is -2.40. The van der Waals surface area contributed by atoms with Gasteiger partial charge in [-0.2, -0.15) is 0 Å². The fourth-order valence-electron chi connectivity index (χ4n) is 1.95. The van der Waals surface area contributed by atoms with Gasteiger partial charge in [0, 0.05) is 11.6 Å². The Morgan fingerprint density at radius 3 is 2.45 bits per heavy atom. The van der Waals surface area contributed by atoms with E-state index in [0.717, 1.165) is 0 Å². The van der Waals surface area contributed by atoms with Crippen molar-refractivity contribution in [2.75, 3.05) is 0 Å². The summed E-state index contributed by atoms with van der Waals surface area (Å²) >= 11 is 0. The number of ether oxygens (including phenoxy) is 1. The first-order valence-corrected chi connectivity index (χ1v) is 6.19. The Labute approximate surface area is 116 Å². The van der Waals surface area contributed by atoms with Crippen LogP contribution in [0.5, 0.6) is 11.5 Å². The second kappa shape index (κ2) is 5.71. The molecular weight excluding hydrogens is 258 g/mol. The quantitative estimate of drug-likeness (QED) is 0.680. The Balaban J connectivity index is 2.41. The number of nitro groups is 1. The molecule has 1 atom stereocenters. The van der Waals surface area contributed by atoms with Gasteiger partial charge in [0.1, 0.15) is 11.5 Å². The van der Waals surface area contributed by atoms with E-state index in [-0.39, 0.29) is 5.69 Å². The zero-order valence-corrected chi connectivity index (χ0v) is 11.2. The topological polar surface area (TPSA) is 72.6 Å². The van der Waals surface area contributed by atoms with Crippen molar-refractivity contribution < 1.29 is 14.8 Å². The molecule has 5 heteroatoms. The third kappa shape index (κ3) is 2.78. The van der Waals surface area contributed by atoms with Crippen molar-refractivity contribution >= 4 is 5.69 Å². The summed E-state index contributed by atoms with van der Waals surface area (Å²) in [6, 6.07) is 11.7. The first-order valence-electron chi connectivity index (χ1n) is 6.19. The highest BCUT2D eigenvalue weighted by atomic mass is 16.6. The average Bonchev–Trinajstić information content (AvgIpc) is 2.41. The number of para-hydroxylation sites is 1. The molecule has 0 aliphatic rings. The summed E-state index contributed by atoms with van der Waals surface area (Å²) in [4.78, 5) is 10.5. The molecule has 0 bridgehead atoms. The molecule has 0 fully saturated rings. The van der Waals surface area contributed by atoms with Crippen LogP contribution in [0.2, 0.25) is 0 Å². The molecule has 0 spiro atoms. The molecule has 5 nitrogen and oxygen atoms in total. The van der Waals surface area contributed by atoms with Crippen molar-refractivity contribution in [1.29, 1.82) is 0 Å². The molecule has 0 unspecified atom stereocenters. The van der Waals surface area contributed by atoms with E-state index in [2.05, 4.69) is 0 Å². The minimum atomic E-state index is -0.676. The molecule has 0 amide bonds. The van der Waals surface area contributed by atoms with Crippen LogP contribution in [0.3, 0.4) is 0 Å². The van der Waals surface area contributed by atoms with Gasteiger partial charge in [-0.1, -0.05) is 24.3 Å². The molecular formula is C15H15NO4. The van der Waals surface area contributed by atoms with Gasteiger partial charge in [-0.25, -0.2) is 0 Å². The average molecular weight is 273 g/mol. The predicted molar refractivity (Wildman–Crippen MR) is 75.0 cm³/mol. The van der Waals surface area contributed by atoms with Crippen LogP contribution in [0, 0.1) is 17.0 Å². The van der Waals surface area contributed by atoms with Crippen LogP contribution in [0.15, 0.2) is 42.5 Å². The van der Waals surface area contributed by atoms with Gasteiger partial charge in [-0.05, 0) is 26.0 Å². The number of nitro benzene ring substituents is 1. The normalized spacial score (nSPS) is 11.9. The standard InChI is InChI=1S/C15H15NO4/c1-10-13(16(18)19)7-5-9-14(10)20-15-8-4-3-6-12(15)11(2)17/h3-9,11,17H,1-2H3/t11-/m0/s1. The number of rotatable bonds is 4. The van der Waals surface area contributed by atoms with Gasteiger partial charge in [0.25, 0.3) is 5.69 Å². The van der Waals surface area contributed by atoms with Crippen LogP contribution in [-0.2, 0) is 0 Å². The SMILES string of the molecule is Cc1c(Oc2ccccc2[C@H](C)O)cccc1[N+](=O)[O-]. The van der Waals surface area contributed by atoms with Crippen molar-refractivity contribution in [3.63, 3.8) is 0 Å². The lowest BCUT2D eigenvalue weighted by molar-refractivity contribution is -0.385. The zero-order chi connectivity index (χ0) is 14.7. The third-order valence-electron chi connectivity index (χ3n) is 3.04. The first kappa shape index (κ1) is 14.0. The second-order valence-electron chi connectivity index (χ2n) is 4.47. The Bertz CT molecular complexity index is 638. The molecule has 2 rings (SSSR count). The van der Waals surface area contributed by atoms with E-state index in [0.29, 0.717) is 22.6 Å². The van der Waals surface area contributed by atoms with E-state index < -0.39 is 11.0 Å². The van der Waals surface area contributed by atoms with Crippen molar-refractivity contribution in [2.45, 2.75) is 20.0 Å². The lowest BCUT2D eigenvalue weighted by atomic mass is 10.1. The van der Waals surface area contributed by atoms with Gasteiger partial charge in [0.05, 0.1) is 16.6 Å². The molecule has 0 aliphatic heterocycles. The van der Waals surface area contributed by atoms with Gasteiger partial charge >= 0.3 is 0 Å². The van der Waals surface area contributed by atoms with Gasteiger partial charge < -0.3 is 9.84 Å². The van der Waals surface area contributed by atoms with E-state index in [1.54, 1.807) is 50.2 Å². The molecule has 0 saturated carbocycles. The van der Waals surface area contributed by atoms with Gasteiger partial charge in [0.2, 0.25) is 0 Å². The number of hydrogen-bond acceptors (Lipinski definition) is 4. The number of nitrogens with zero attached hydrogens (tertiary/aromatic N) is 1. The highest BCUT2D eigenvalue weighted by Crippen LogP contribution is 2.34. The summed E-state index contributed by atoms with van der Waals surface area (Å²) < 4.78 is 5.73. The van der Waals surface area contributed by atoms with Gasteiger partial charge in [0.15, 0.2) is 0 Å². The maximum Gasteiger partial charge on any atom is 0.276 e. The van der Waals surface area contributed by atoms with Crippen LogP contribution in [0.1, 0.15) is 24.2 Å². The minimum absolute atomic E-state index is 0.0111. The van der Waals surface area contributed by atoms with Crippen molar-refractivity contribution in [3.05, 3.63) is 63.7 Å². The van der Waals surface area contributed by atoms with Crippen LogP contribution >= 0.6 is 0 Å². The highest BCUT2D eigenvalue weighted by Gasteiger charge is 2.16. The lowest BCUT2D eigenvalue weighted by Gasteiger charge is -2.14. The Morgan fingerprint density at radius 1 is 1.15 bits per heavy atom. The predicted octanol–water partition coefficient (Wildman–Crippen LogP) is 3.75. The smallest absolute Gasteiger partial charge is 0.276 e. The Morgan fingerprint density at radius 2 is 1.80 bits per heavy atom. The summed E-state index contributed by atoms with van der Waals surface area (Å²) in [5.41, 5.74) is 1.10. The first-order chi connectivity index (χ1) is 9.50. The largest absolute Gasteiger partial charge is 0.456 e. The van der Waals surface area contributed by atoms with E-state index in [1.165, 1.54) is 6.07 Å². The summed E-state index contributed by atoms with van der Waals surface area (Å²) in [7, 11) is 0. The Kier molecular flexibility index (Phi) is 4.00. The monoisotopic (exact) mass is 273 g/mol. The van der Waals surface area contributed by atoms with Crippen molar-refractivity contribution in [2.24, 2.45) is 0 Å². The molecule has 2 aromatic carbocycles. The fourth-order valence-corrected chi connectivity index (χ4v) is 1.95. The maximum atomic E-state index is 10.9. The molecule has 1 N–H and O–H groups in total. The van der Waals surface area contributed by atoms with Crippen molar-refractivity contribution in [1.82, 2.24) is 0 Å². The van der Waals surface area contributed by atoms with E-state index >= 15 is 0 Å². The van der Waals surface area contributed by atoms with Gasteiger partial charge in [-0.15, -0.1) is 0 Å². The van der Waals surface area contributed by atoms with E-state index in [1.807, 2.05) is 0 Å². The number of aliphatic hydroxyl groups excluding tert-OH is 1. The summed E-state index contributed by atoms with van der Waals surface area (Å²) in [6.45, 7) is 3.28. The van der Waals surface area contributed by atoms with Crippen LogP contribution in [0.25, 0.3) is 0 Å². The molecule has 0 aromatic heterocycles. The number of benzene rings is 2. The summed E-state index contributed by atoms with van der Waals surface area (Å²) in [5.74, 6) is 0.901. The minimum Gasteiger partial charge on any atom is -0.456 e. The zero-order valence-electron chi connectivity index (χ0n) is 11.2. The van der Waals surface area contributed by atoms with Crippen LogP contribution < -0.4 is 4.74 Å². The number of hydrogen-bond donors (Lipinski definition) is 1. The van der Waals surface area contributed by atoms with Crippen LogP contribution in [0.4, 0.5) is 5.69 Å². The van der Waals surface area contributed by atoms with Gasteiger partial charge in [-0.3, -0.25) is 10.1 Å². The summed E-state index contributed by atoms with van der Waals surface area (Å²) in [6.07, 6.45) is -0.676. The molecule has 0 radical (unpaired) electrons. The summed E-state index contributed by atoms with van der Waals surface area (Å²) in [5, 5.41) is 20.6. The molecule has 0 heterocycles. The van der Waals surface area contributed by atoms with Crippen LogP contribution in [-0.4, -0.2) is 10.0 Å². The molecule has 2 aromatic rings.